The van der Waals surface area contributed by atoms with Crippen molar-refractivity contribution in [2.24, 2.45) is 11.7 Å². The summed E-state index contributed by atoms with van der Waals surface area (Å²) in [6.07, 6.45) is 4.98. The molecule has 2 heterocycles. The van der Waals surface area contributed by atoms with Crippen LogP contribution in [0.4, 0.5) is 5.82 Å². The van der Waals surface area contributed by atoms with Gasteiger partial charge in [0.05, 0.1) is 13.3 Å². The molecule has 0 aliphatic carbocycles. The molecule has 6 heteroatoms. The summed E-state index contributed by atoms with van der Waals surface area (Å²) in [6.45, 7) is 2.70. The van der Waals surface area contributed by atoms with E-state index in [1.54, 1.807) is 13.3 Å². The minimum absolute atomic E-state index is 0.360. The largest absolute Gasteiger partial charge is 0.467 e. The number of halogens is 1. The number of methoxy groups -OCH3 is 1. The Bertz CT molecular complexity index is 394. The van der Waals surface area contributed by atoms with Gasteiger partial charge in [0.2, 0.25) is 0 Å². The first-order chi connectivity index (χ1) is 8.74. The molecule has 1 aliphatic heterocycles. The van der Waals surface area contributed by atoms with Crippen molar-refractivity contribution in [3.63, 3.8) is 0 Å². The minimum Gasteiger partial charge on any atom is -0.467 e. The van der Waals surface area contributed by atoms with Crippen LogP contribution in [-0.4, -0.2) is 36.7 Å². The van der Waals surface area contributed by atoms with E-state index in [1.165, 1.54) is 0 Å². The van der Waals surface area contributed by atoms with Crippen LogP contribution in [0.1, 0.15) is 19.3 Å². The summed E-state index contributed by atoms with van der Waals surface area (Å²) < 4.78 is 5.04. The van der Waals surface area contributed by atoms with Crippen molar-refractivity contribution in [2.75, 3.05) is 31.6 Å². The molecule has 0 bridgehead atoms. The summed E-state index contributed by atoms with van der Waals surface area (Å²) in [4.78, 5) is 10.5. The van der Waals surface area contributed by atoms with Gasteiger partial charge in [-0.3, -0.25) is 0 Å². The normalized spacial score (nSPS) is 16.9. The van der Waals surface area contributed by atoms with Crippen molar-refractivity contribution in [1.82, 2.24) is 9.97 Å². The van der Waals surface area contributed by atoms with Gasteiger partial charge in [0.25, 0.3) is 0 Å². The Labute approximate surface area is 112 Å². The first-order valence-electron chi connectivity index (χ1n) is 6.26. The molecule has 2 rings (SSSR count). The third-order valence-corrected chi connectivity index (χ3v) is 3.64. The zero-order chi connectivity index (χ0) is 13.0. The van der Waals surface area contributed by atoms with Crippen molar-refractivity contribution < 1.29 is 4.74 Å². The lowest BCUT2D eigenvalue weighted by atomic mass is 9.94. The van der Waals surface area contributed by atoms with Crippen molar-refractivity contribution in [3.8, 4) is 6.01 Å². The van der Waals surface area contributed by atoms with Gasteiger partial charge in [0.1, 0.15) is 5.02 Å². The van der Waals surface area contributed by atoms with Crippen LogP contribution in [0.15, 0.2) is 6.20 Å². The van der Waals surface area contributed by atoms with Crippen LogP contribution in [0.25, 0.3) is 0 Å². The molecule has 1 aliphatic rings. The average Bonchev–Trinajstić information content (AvgIpc) is 2.41. The molecule has 18 heavy (non-hydrogen) atoms. The molecule has 1 saturated heterocycles. The fraction of sp³-hybridized carbons (Fsp3) is 0.667. The van der Waals surface area contributed by atoms with Crippen molar-refractivity contribution in [3.05, 3.63) is 11.2 Å². The predicted molar refractivity (Wildman–Crippen MR) is 72.2 cm³/mol. The highest BCUT2D eigenvalue weighted by Crippen LogP contribution is 2.29. The zero-order valence-electron chi connectivity index (χ0n) is 10.6. The molecule has 0 saturated carbocycles. The molecule has 0 amide bonds. The molecule has 0 atom stereocenters. The second-order valence-electron chi connectivity index (χ2n) is 4.54. The topological polar surface area (TPSA) is 64.3 Å². The van der Waals surface area contributed by atoms with Gasteiger partial charge >= 0.3 is 6.01 Å². The predicted octanol–water partition coefficient (Wildman–Crippen LogP) is 1.70. The van der Waals surface area contributed by atoms with E-state index in [4.69, 9.17) is 22.1 Å². The maximum absolute atomic E-state index is 6.14. The molecule has 100 valence electrons. The van der Waals surface area contributed by atoms with Crippen LogP contribution < -0.4 is 15.4 Å². The van der Waals surface area contributed by atoms with Crippen molar-refractivity contribution >= 4 is 17.4 Å². The standard InChI is InChI=1S/C12H19ClN4O/c1-18-12-15-8-10(13)11(16-12)17-6-3-9(2-5-14)4-7-17/h8-9H,2-7,14H2,1H3. The molecular weight excluding hydrogens is 252 g/mol. The fourth-order valence-corrected chi connectivity index (χ4v) is 2.54. The SMILES string of the molecule is COc1ncc(Cl)c(N2CCC(CCN)CC2)n1. The molecule has 0 aromatic carbocycles. The lowest BCUT2D eigenvalue weighted by Gasteiger charge is -2.33. The van der Waals surface area contributed by atoms with Gasteiger partial charge in [-0.05, 0) is 31.7 Å². The number of piperidine rings is 1. The van der Waals surface area contributed by atoms with Gasteiger partial charge in [-0.2, -0.15) is 4.98 Å². The molecular formula is C12H19ClN4O. The van der Waals surface area contributed by atoms with Gasteiger partial charge in [0, 0.05) is 13.1 Å². The van der Waals surface area contributed by atoms with E-state index in [1.807, 2.05) is 0 Å². The number of rotatable bonds is 4. The lowest BCUT2D eigenvalue weighted by Crippen LogP contribution is -2.35. The second-order valence-corrected chi connectivity index (χ2v) is 4.94. The summed E-state index contributed by atoms with van der Waals surface area (Å²) in [6, 6.07) is 0.360. The second kappa shape index (κ2) is 6.20. The maximum Gasteiger partial charge on any atom is 0.318 e. The minimum atomic E-state index is 0.360. The van der Waals surface area contributed by atoms with Gasteiger partial charge in [-0.1, -0.05) is 11.6 Å². The molecule has 2 N–H and O–H groups in total. The smallest absolute Gasteiger partial charge is 0.318 e. The van der Waals surface area contributed by atoms with Crippen molar-refractivity contribution in [1.29, 1.82) is 0 Å². The van der Waals surface area contributed by atoms with Crippen LogP contribution in [0.2, 0.25) is 5.02 Å². The average molecular weight is 271 g/mol. The Morgan fingerprint density at radius 1 is 1.50 bits per heavy atom. The van der Waals surface area contributed by atoms with E-state index in [2.05, 4.69) is 14.9 Å². The molecule has 0 radical (unpaired) electrons. The Balaban J connectivity index is 2.04. The number of anilines is 1. The third-order valence-electron chi connectivity index (χ3n) is 3.38. The fourth-order valence-electron chi connectivity index (χ4n) is 2.33. The quantitative estimate of drug-likeness (QED) is 0.902. The number of nitrogens with two attached hydrogens (primary N) is 1. The molecule has 0 spiro atoms. The number of hydrogen-bond acceptors (Lipinski definition) is 5. The van der Waals surface area contributed by atoms with Gasteiger partial charge in [-0.15, -0.1) is 0 Å². The number of aromatic nitrogens is 2. The summed E-state index contributed by atoms with van der Waals surface area (Å²) in [5.41, 5.74) is 5.60. The van der Waals surface area contributed by atoms with E-state index < -0.39 is 0 Å². The van der Waals surface area contributed by atoms with Gasteiger partial charge in [0.15, 0.2) is 5.82 Å². The van der Waals surface area contributed by atoms with Crippen LogP contribution in [0.5, 0.6) is 6.01 Å². The number of hydrogen-bond donors (Lipinski definition) is 1. The van der Waals surface area contributed by atoms with Gasteiger partial charge in [-0.25, -0.2) is 4.98 Å². The van der Waals surface area contributed by atoms with Crippen LogP contribution in [0.3, 0.4) is 0 Å². The molecule has 1 aromatic rings. The Hall–Kier alpha value is -1.07. The van der Waals surface area contributed by atoms with Crippen molar-refractivity contribution in [2.45, 2.75) is 19.3 Å². The Morgan fingerprint density at radius 2 is 2.22 bits per heavy atom. The molecule has 0 unspecified atom stereocenters. The summed E-state index contributed by atoms with van der Waals surface area (Å²) in [5, 5.41) is 0.577. The Morgan fingerprint density at radius 3 is 2.83 bits per heavy atom. The highest BCUT2D eigenvalue weighted by Gasteiger charge is 2.21. The third kappa shape index (κ3) is 3.03. The number of ether oxygens (including phenoxy) is 1. The number of nitrogens with zero attached hydrogens (tertiary/aromatic N) is 3. The van der Waals surface area contributed by atoms with E-state index in [0.717, 1.165) is 50.6 Å². The monoisotopic (exact) mass is 270 g/mol. The lowest BCUT2D eigenvalue weighted by molar-refractivity contribution is 0.372. The molecule has 1 fully saturated rings. The van der Waals surface area contributed by atoms with E-state index >= 15 is 0 Å². The summed E-state index contributed by atoms with van der Waals surface area (Å²) >= 11 is 6.14. The summed E-state index contributed by atoms with van der Waals surface area (Å²) in [7, 11) is 1.56. The highest BCUT2D eigenvalue weighted by atomic mass is 35.5. The van der Waals surface area contributed by atoms with Gasteiger partial charge < -0.3 is 15.4 Å². The first-order valence-corrected chi connectivity index (χ1v) is 6.64. The van der Waals surface area contributed by atoms with E-state index in [9.17, 15) is 0 Å². The highest BCUT2D eigenvalue weighted by molar-refractivity contribution is 6.32. The maximum atomic E-state index is 6.14. The van der Waals surface area contributed by atoms with E-state index in [-0.39, 0.29) is 0 Å². The van der Waals surface area contributed by atoms with E-state index in [0.29, 0.717) is 11.0 Å². The molecule has 5 nitrogen and oxygen atoms in total. The van der Waals surface area contributed by atoms with Crippen LogP contribution in [0, 0.1) is 5.92 Å². The van der Waals surface area contributed by atoms with Crippen LogP contribution >= 0.6 is 11.6 Å². The molecule has 1 aromatic heterocycles. The first kappa shape index (κ1) is 13.4. The summed E-state index contributed by atoms with van der Waals surface area (Å²) in [5.74, 6) is 1.50. The Kier molecular flexibility index (Phi) is 4.60. The van der Waals surface area contributed by atoms with Crippen LogP contribution in [-0.2, 0) is 0 Å². The zero-order valence-corrected chi connectivity index (χ0v) is 11.4.